The summed E-state index contributed by atoms with van der Waals surface area (Å²) in [4.78, 5) is 16.4. The van der Waals surface area contributed by atoms with Gasteiger partial charge in [0.2, 0.25) is 0 Å². The number of carbonyl (C=O) groups is 1. The number of amides is 1. The number of nitrogens with one attached hydrogen (secondary N) is 1. The average molecular weight is 404 g/mol. The maximum Gasteiger partial charge on any atom is 0.266 e. The number of anilines is 1. The second-order valence-electron chi connectivity index (χ2n) is 4.59. The number of aryl methyl sites for hydroxylation is 1. The Morgan fingerprint density at radius 1 is 1.32 bits per heavy atom. The van der Waals surface area contributed by atoms with Crippen molar-refractivity contribution in [3.05, 3.63) is 50.5 Å². The lowest BCUT2D eigenvalue weighted by Crippen LogP contribution is -2.30. The molecule has 0 fully saturated rings. The molecule has 0 aliphatic heterocycles. The minimum absolute atomic E-state index is 0.319. The third kappa shape index (κ3) is 4.35. The van der Waals surface area contributed by atoms with Crippen LogP contribution >= 0.6 is 39.1 Å². The molecule has 1 amide bonds. The van der Waals surface area contributed by atoms with Gasteiger partial charge in [0, 0.05) is 9.50 Å². The van der Waals surface area contributed by atoms with Crippen molar-refractivity contribution in [2.24, 2.45) is 0 Å². The Balaban J connectivity index is 2.04. The highest BCUT2D eigenvalue weighted by atomic mass is 79.9. The van der Waals surface area contributed by atoms with Crippen LogP contribution < -0.4 is 10.1 Å². The standard InChI is InChI=1S/C15H13BrCl2N2O2/c1-8-11(16)4-6-14(19-8)20-15(21)9(2)22-13-5-3-10(17)7-12(13)18/h3-7,9H,1-2H3,(H,19,20,21). The summed E-state index contributed by atoms with van der Waals surface area (Å²) >= 11 is 15.2. The highest BCUT2D eigenvalue weighted by Crippen LogP contribution is 2.28. The number of hydrogen-bond acceptors (Lipinski definition) is 3. The van der Waals surface area contributed by atoms with Crippen molar-refractivity contribution in [2.75, 3.05) is 5.32 Å². The minimum Gasteiger partial charge on any atom is -0.479 e. The molecule has 2 rings (SSSR count). The number of ether oxygens (including phenoxy) is 1. The molecule has 22 heavy (non-hydrogen) atoms. The summed E-state index contributed by atoms with van der Waals surface area (Å²) in [6.45, 7) is 3.47. The van der Waals surface area contributed by atoms with Crippen LogP contribution in [0.3, 0.4) is 0 Å². The van der Waals surface area contributed by atoms with Gasteiger partial charge in [0.05, 0.1) is 10.7 Å². The molecule has 116 valence electrons. The summed E-state index contributed by atoms with van der Waals surface area (Å²) in [5.41, 5.74) is 0.784. The van der Waals surface area contributed by atoms with Gasteiger partial charge in [0.1, 0.15) is 11.6 Å². The van der Waals surface area contributed by atoms with Crippen molar-refractivity contribution in [1.29, 1.82) is 0 Å². The zero-order valence-electron chi connectivity index (χ0n) is 11.9. The van der Waals surface area contributed by atoms with Gasteiger partial charge < -0.3 is 10.1 Å². The normalized spacial score (nSPS) is 11.9. The van der Waals surface area contributed by atoms with Crippen LogP contribution in [0, 0.1) is 6.92 Å². The largest absolute Gasteiger partial charge is 0.479 e. The van der Waals surface area contributed by atoms with Crippen LogP contribution in [-0.4, -0.2) is 17.0 Å². The highest BCUT2D eigenvalue weighted by Gasteiger charge is 2.17. The van der Waals surface area contributed by atoms with E-state index in [-0.39, 0.29) is 5.91 Å². The van der Waals surface area contributed by atoms with Crippen LogP contribution in [0.4, 0.5) is 5.82 Å². The summed E-state index contributed by atoms with van der Waals surface area (Å²) in [7, 11) is 0. The highest BCUT2D eigenvalue weighted by molar-refractivity contribution is 9.10. The SMILES string of the molecule is Cc1nc(NC(=O)C(C)Oc2ccc(Cl)cc2Cl)ccc1Br. The molecule has 0 aliphatic carbocycles. The summed E-state index contributed by atoms with van der Waals surface area (Å²) in [5, 5.41) is 3.55. The van der Waals surface area contributed by atoms with Crippen LogP contribution in [0.15, 0.2) is 34.8 Å². The zero-order valence-corrected chi connectivity index (χ0v) is 15.0. The first-order valence-electron chi connectivity index (χ1n) is 6.42. The lowest BCUT2D eigenvalue weighted by molar-refractivity contribution is -0.122. The van der Waals surface area contributed by atoms with Crippen molar-refractivity contribution in [2.45, 2.75) is 20.0 Å². The van der Waals surface area contributed by atoms with Gasteiger partial charge in [-0.2, -0.15) is 0 Å². The van der Waals surface area contributed by atoms with Crippen molar-refractivity contribution in [1.82, 2.24) is 4.98 Å². The second kappa shape index (κ2) is 7.31. The Morgan fingerprint density at radius 3 is 2.68 bits per heavy atom. The van der Waals surface area contributed by atoms with Crippen molar-refractivity contribution in [3.63, 3.8) is 0 Å². The number of carbonyl (C=O) groups excluding carboxylic acids is 1. The first-order chi connectivity index (χ1) is 10.4. The molecule has 0 saturated heterocycles. The predicted molar refractivity (Wildman–Crippen MR) is 91.9 cm³/mol. The lowest BCUT2D eigenvalue weighted by atomic mass is 10.3. The molecule has 0 radical (unpaired) electrons. The number of pyridine rings is 1. The van der Waals surface area contributed by atoms with Crippen molar-refractivity contribution >= 4 is 50.9 Å². The summed E-state index contributed by atoms with van der Waals surface area (Å²) in [6, 6.07) is 8.35. The van der Waals surface area contributed by atoms with E-state index < -0.39 is 6.10 Å². The number of aromatic nitrogens is 1. The van der Waals surface area contributed by atoms with Gasteiger partial charge in [0.25, 0.3) is 5.91 Å². The molecule has 1 N–H and O–H groups in total. The van der Waals surface area contributed by atoms with E-state index in [4.69, 9.17) is 27.9 Å². The molecule has 1 aromatic carbocycles. The second-order valence-corrected chi connectivity index (χ2v) is 6.29. The summed E-state index contributed by atoms with van der Waals surface area (Å²) in [5.74, 6) is 0.539. The number of rotatable bonds is 4. The molecule has 0 aliphatic rings. The molecule has 0 spiro atoms. The van der Waals surface area contributed by atoms with Gasteiger partial charge in [0.15, 0.2) is 6.10 Å². The fraction of sp³-hybridized carbons (Fsp3) is 0.200. The van der Waals surface area contributed by atoms with E-state index in [1.807, 2.05) is 13.0 Å². The van der Waals surface area contributed by atoms with E-state index in [1.165, 1.54) is 0 Å². The fourth-order valence-corrected chi connectivity index (χ4v) is 2.33. The van der Waals surface area contributed by atoms with Crippen LogP contribution in [0.1, 0.15) is 12.6 Å². The molecule has 4 nitrogen and oxygen atoms in total. The Bertz CT molecular complexity index is 710. The molecule has 1 atom stereocenters. The molecule has 2 aromatic rings. The van der Waals surface area contributed by atoms with Crippen molar-refractivity contribution in [3.8, 4) is 5.75 Å². The van der Waals surface area contributed by atoms with Crippen LogP contribution in [0.2, 0.25) is 10.0 Å². The average Bonchev–Trinajstić information content (AvgIpc) is 2.45. The van der Waals surface area contributed by atoms with E-state index >= 15 is 0 Å². The quantitative estimate of drug-likeness (QED) is 0.792. The van der Waals surface area contributed by atoms with E-state index in [0.29, 0.717) is 21.6 Å². The van der Waals surface area contributed by atoms with Gasteiger partial charge >= 0.3 is 0 Å². The van der Waals surface area contributed by atoms with Crippen LogP contribution in [-0.2, 0) is 4.79 Å². The smallest absolute Gasteiger partial charge is 0.266 e. The Hall–Kier alpha value is -1.30. The first-order valence-corrected chi connectivity index (χ1v) is 7.97. The topological polar surface area (TPSA) is 51.2 Å². The summed E-state index contributed by atoms with van der Waals surface area (Å²) in [6.07, 6.45) is -0.732. The molecule has 1 heterocycles. The van der Waals surface area contributed by atoms with E-state index in [0.717, 1.165) is 10.2 Å². The maximum absolute atomic E-state index is 12.1. The Kier molecular flexibility index (Phi) is 5.67. The van der Waals surface area contributed by atoms with E-state index in [2.05, 4.69) is 26.2 Å². The Morgan fingerprint density at radius 2 is 2.05 bits per heavy atom. The van der Waals surface area contributed by atoms with E-state index in [9.17, 15) is 4.79 Å². The fourth-order valence-electron chi connectivity index (χ4n) is 1.66. The molecule has 0 saturated carbocycles. The van der Waals surface area contributed by atoms with Gasteiger partial charge in [-0.3, -0.25) is 4.79 Å². The number of nitrogens with zero attached hydrogens (tertiary/aromatic N) is 1. The number of halogens is 3. The third-order valence-electron chi connectivity index (χ3n) is 2.84. The third-order valence-corrected chi connectivity index (χ3v) is 4.21. The van der Waals surface area contributed by atoms with Gasteiger partial charge in [-0.15, -0.1) is 0 Å². The van der Waals surface area contributed by atoms with Gasteiger partial charge in [-0.05, 0) is 60.1 Å². The lowest BCUT2D eigenvalue weighted by Gasteiger charge is -2.15. The maximum atomic E-state index is 12.1. The molecular formula is C15H13BrCl2N2O2. The molecule has 1 unspecified atom stereocenters. The van der Waals surface area contributed by atoms with Crippen molar-refractivity contribution < 1.29 is 9.53 Å². The van der Waals surface area contributed by atoms with Gasteiger partial charge in [-0.1, -0.05) is 23.2 Å². The van der Waals surface area contributed by atoms with Crippen LogP contribution in [0.25, 0.3) is 0 Å². The number of hydrogen-bond donors (Lipinski definition) is 1. The van der Waals surface area contributed by atoms with E-state index in [1.54, 1.807) is 31.2 Å². The molecular weight excluding hydrogens is 391 g/mol. The molecule has 0 bridgehead atoms. The monoisotopic (exact) mass is 402 g/mol. The minimum atomic E-state index is -0.732. The van der Waals surface area contributed by atoms with Gasteiger partial charge in [-0.25, -0.2) is 4.98 Å². The zero-order chi connectivity index (χ0) is 16.3. The first kappa shape index (κ1) is 17.1. The Labute approximate surface area is 146 Å². The number of benzene rings is 1. The molecule has 7 heteroatoms. The summed E-state index contributed by atoms with van der Waals surface area (Å²) < 4.78 is 6.43. The predicted octanol–water partition coefficient (Wildman–Crippen LogP) is 4.87. The molecule has 1 aromatic heterocycles. The van der Waals surface area contributed by atoms with Crippen LogP contribution in [0.5, 0.6) is 5.75 Å².